The zero-order chi connectivity index (χ0) is 51.0. The lowest BCUT2D eigenvalue weighted by Crippen LogP contribution is -2.60. The number of aliphatic hydroxyl groups excluding tert-OH is 5. The fourth-order valence-electron chi connectivity index (χ4n) is 8.75. The van der Waals surface area contributed by atoms with Gasteiger partial charge >= 0.3 is 5.97 Å². The number of carbonyl (C=O) groups is 2. The van der Waals surface area contributed by atoms with Gasteiger partial charge in [-0.2, -0.15) is 0 Å². The molecule has 7 unspecified atom stereocenters. The van der Waals surface area contributed by atoms with Crippen molar-refractivity contribution in [2.24, 2.45) is 0 Å². The monoisotopic (exact) mass is 990 g/mol. The highest BCUT2D eigenvalue weighted by atomic mass is 16.7. The van der Waals surface area contributed by atoms with Crippen LogP contribution in [0.3, 0.4) is 0 Å². The van der Waals surface area contributed by atoms with Gasteiger partial charge in [-0.25, -0.2) is 0 Å². The third kappa shape index (κ3) is 38.3. The van der Waals surface area contributed by atoms with E-state index in [1.807, 2.05) is 6.08 Å². The molecule has 1 fully saturated rings. The van der Waals surface area contributed by atoms with Crippen molar-refractivity contribution in [3.05, 3.63) is 48.6 Å². The average molecular weight is 991 g/mol. The molecule has 11 nitrogen and oxygen atoms in total. The van der Waals surface area contributed by atoms with Gasteiger partial charge in [-0.05, 0) is 89.9 Å². The second-order valence-corrected chi connectivity index (χ2v) is 20.0. The predicted molar refractivity (Wildman–Crippen MR) is 287 cm³/mol. The van der Waals surface area contributed by atoms with E-state index in [0.29, 0.717) is 19.4 Å². The molecule has 6 N–H and O–H groups in total. The summed E-state index contributed by atoms with van der Waals surface area (Å²) in [5, 5.41) is 54.1. The number of rotatable bonds is 49. The van der Waals surface area contributed by atoms with E-state index in [2.05, 4.69) is 55.6 Å². The van der Waals surface area contributed by atoms with Crippen LogP contribution in [-0.4, -0.2) is 100 Å². The zero-order valence-corrected chi connectivity index (χ0v) is 44.7. The topological polar surface area (TPSA) is 175 Å². The van der Waals surface area contributed by atoms with Crippen LogP contribution in [0.5, 0.6) is 0 Å². The van der Waals surface area contributed by atoms with Crippen molar-refractivity contribution in [3.8, 4) is 0 Å². The lowest BCUT2D eigenvalue weighted by atomic mass is 9.99. The van der Waals surface area contributed by atoms with Crippen LogP contribution in [-0.2, 0) is 23.8 Å². The number of hydrogen-bond acceptors (Lipinski definition) is 10. The molecule has 1 aliphatic rings. The number of hydrogen-bond donors (Lipinski definition) is 6. The molecular weight excluding hydrogens is 883 g/mol. The number of ether oxygens (including phenoxy) is 3. The van der Waals surface area contributed by atoms with Crippen LogP contribution in [0.1, 0.15) is 251 Å². The number of amides is 1. The van der Waals surface area contributed by atoms with Gasteiger partial charge in [-0.3, -0.25) is 9.59 Å². The number of aliphatic hydroxyl groups is 5. The normalized spacial score (nSPS) is 19.6. The van der Waals surface area contributed by atoms with E-state index in [-0.39, 0.29) is 18.5 Å². The molecule has 11 heteroatoms. The van der Waals surface area contributed by atoms with Gasteiger partial charge in [0.2, 0.25) is 5.91 Å². The SMILES string of the molecule is CCCCC/C=C\C/C=C\CCCCCCCCCC(=O)OCCCCCCCCC/C=C\CCCCCCCC(=O)NC(COC1OC(CO)C(O)C(O)C1O)C(O)/C=C/CCCCCCCCC. The van der Waals surface area contributed by atoms with Gasteiger partial charge in [0, 0.05) is 12.8 Å². The van der Waals surface area contributed by atoms with Crippen LogP contribution in [0.25, 0.3) is 0 Å². The Morgan fingerprint density at radius 3 is 1.49 bits per heavy atom. The molecule has 1 amide bonds. The molecule has 0 aromatic carbocycles. The lowest BCUT2D eigenvalue weighted by molar-refractivity contribution is -0.302. The smallest absolute Gasteiger partial charge is 0.305 e. The van der Waals surface area contributed by atoms with E-state index < -0.39 is 49.5 Å². The molecule has 0 radical (unpaired) electrons. The summed E-state index contributed by atoms with van der Waals surface area (Å²) in [5.41, 5.74) is 0. The number of carbonyl (C=O) groups excluding carboxylic acids is 2. The maximum Gasteiger partial charge on any atom is 0.305 e. The third-order valence-electron chi connectivity index (χ3n) is 13.4. The van der Waals surface area contributed by atoms with Crippen LogP contribution in [0.15, 0.2) is 48.6 Å². The van der Waals surface area contributed by atoms with E-state index >= 15 is 0 Å². The van der Waals surface area contributed by atoms with Crippen molar-refractivity contribution in [2.75, 3.05) is 19.8 Å². The summed E-state index contributed by atoms with van der Waals surface area (Å²) >= 11 is 0. The Morgan fingerprint density at radius 2 is 0.957 bits per heavy atom. The molecular formula is C59H107NO10. The molecule has 0 saturated carbocycles. The molecule has 1 heterocycles. The number of nitrogens with one attached hydrogen (secondary N) is 1. The Balaban J connectivity index is 2.06. The largest absolute Gasteiger partial charge is 0.466 e. The first kappa shape index (κ1) is 65.6. The molecule has 70 heavy (non-hydrogen) atoms. The quantitative estimate of drug-likeness (QED) is 0.0196. The van der Waals surface area contributed by atoms with Crippen molar-refractivity contribution in [2.45, 2.75) is 294 Å². The highest BCUT2D eigenvalue weighted by molar-refractivity contribution is 5.76. The molecule has 0 aromatic heterocycles. The van der Waals surface area contributed by atoms with Gasteiger partial charge in [0.15, 0.2) is 6.29 Å². The average Bonchev–Trinajstić information content (AvgIpc) is 3.36. The van der Waals surface area contributed by atoms with Crippen molar-refractivity contribution in [1.29, 1.82) is 0 Å². The summed E-state index contributed by atoms with van der Waals surface area (Å²) in [4.78, 5) is 25.1. The summed E-state index contributed by atoms with van der Waals surface area (Å²) in [7, 11) is 0. The summed E-state index contributed by atoms with van der Waals surface area (Å²) in [5.74, 6) is -0.232. The minimum Gasteiger partial charge on any atom is -0.466 e. The Bertz CT molecular complexity index is 1300. The fourth-order valence-corrected chi connectivity index (χ4v) is 8.75. The molecule has 7 atom stereocenters. The summed E-state index contributed by atoms with van der Waals surface area (Å²) in [6, 6.07) is -0.822. The molecule has 0 aliphatic carbocycles. The maximum absolute atomic E-state index is 13.0. The molecule has 0 spiro atoms. The van der Waals surface area contributed by atoms with Crippen LogP contribution < -0.4 is 5.32 Å². The predicted octanol–water partition coefficient (Wildman–Crippen LogP) is 12.9. The van der Waals surface area contributed by atoms with Gasteiger partial charge in [0.1, 0.15) is 24.4 Å². The Labute approximate surface area is 427 Å². The van der Waals surface area contributed by atoms with E-state index in [0.717, 1.165) is 96.3 Å². The summed E-state index contributed by atoms with van der Waals surface area (Å²) in [6.07, 6.45) is 50.6. The molecule has 0 bridgehead atoms. The van der Waals surface area contributed by atoms with Crippen LogP contribution in [0.2, 0.25) is 0 Å². The van der Waals surface area contributed by atoms with Crippen molar-refractivity contribution >= 4 is 11.9 Å². The van der Waals surface area contributed by atoms with Gasteiger partial charge in [-0.1, -0.05) is 197 Å². The molecule has 408 valence electrons. The van der Waals surface area contributed by atoms with Gasteiger partial charge < -0.3 is 45.1 Å². The minimum atomic E-state index is -1.58. The maximum atomic E-state index is 13.0. The minimum absolute atomic E-state index is 0.0294. The van der Waals surface area contributed by atoms with E-state index in [1.54, 1.807) is 6.08 Å². The first-order valence-electron chi connectivity index (χ1n) is 28.9. The molecule has 1 aliphatic heterocycles. The van der Waals surface area contributed by atoms with Crippen LogP contribution in [0, 0.1) is 0 Å². The lowest BCUT2D eigenvalue weighted by Gasteiger charge is -2.40. The Hall–Kier alpha value is -2.38. The van der Waals surface area contributed by atoms with E-state index in [1.165, 1.54) is 128 Å². The third-order valence-corrected chi connectivity index (χ3v) is 13.4. The van der Waals surface area contributed by atoms with Gasteiger partial charge in [0.25, 0.3) is 0 Å². The van der Waals surface area contributed by atoms with Crippen molar-refractivity contribution in [3.63, 3.8) is 0 Å². The van der Waals surface area contributed by atoms with Crippen LogP contribution in [0.4, 0.5) is 0 Å². The Kier molecular flexibility index (Phi) is 45.8. The molecule has 1 saturated heterocycles. The number of allylic oxidation sites excluding steroid dienone is 7. The van der Waals surface area contributed by atoms with E-state index in [4.69, 9.17) is 14.2 Å². The number of unbranched alkanes of at least 4 members (excludes halogenated alkanes) is 29. The molecule has 1 rings (SSSR count). The highest BCUT2D eigenvalue weighted by Gasteiger charge is 2.44. The number of esters is 1. The summed E-state index contributed by atoms with van der Waals surface area (Å²) in [6.45, 7) is 4.24. The van der Waals surface area contributed by atoms with Crippen molar-refractivity contribution < 1.29 is 49.3 Å². The highest BCUT2D eigenvalue weighted by Crippen LogP contribution is 2.23. The fraction of sp³-hybridized carbons (Fsp3) is 0.831. The standard InChI is InChI=1S/C59H107NO10/c1-3-5-7-9-11-13-14-15-16-17-21-24-27-31-35-39-43-47-55(64)68-48-44-40-36-32-28-25-22-19-18-20-23-26-30-34-38-42-46-54(63)60-51(52(62)45-41-37-33-29-12-10-8-6-4-2)50-69-59-58(67)57(66)56(65)53(49-61)70-59/h11,13,15-16,18,20,41,45,51-53,56-59,61-62,65-67H,3-10,12,14,17,19,21-40,42-44,46-50H2,1-2H3,(H,60,63)/b13-11-,16-15-,20-18-,45-41+. The van der Waals surface area contributed by atoms with Crippen molar-refractivity contribution in [1.82, 2.24) is 5.32 Å². The molecule has 0 aromatic rings. The first-order chi connectivity index (χ1) is 34.2. The van der Waals surface area contributed by atoms with Crippen LogP contribution >= 0.6 is 0 Å². The summed E-state index contributed by atoms with van der Waals surface area (Å²) < 4.78 is 16.7. The van der Waals surface area contributed by atoms with Gasteiger partial charge in [0.05, 0.1) is 32.0 Å². The van der Waals surface area contributed by atoms with Gasteiger partial charge in [-0.15, -0.1) is 0 Å². The Morgan fingerprint density at radius 1 is 0.529 bits per heavy atom. The first-order valence-corrected chi connectivity index (χ1v) is 28.9. The van der Waals surface area contributed by atoms with E-state index in [9.17, 15) is 35.1 Å². The second kappa shape index (κ2) is 48.9. The zero-order valence-electron chi connectivity index (χ0n) is 44.7. The second-order valence-electron chi connectivity index (χ2n) is 20.0.